The molecule has 0 spiro atoms. The highest BCUT2D eigenvalue weighted by molar-refractivity contribution is 7.17. The summed E-state index contributed by atoms with van der Waals surface area (Å²) in [5.74, 6) is 6.09. The van der Waals surface area contributed by atoms with Crippen LogP contribution in [0.4, 0.5) is 0 Å². The van der Waals surface area contributed by atoms with E-state index < -0.39 is 0 Å². The second kappa shape index (κ2) is 4.76. The number of benzene rings is 1. The first-order chi connectivity index (χ1) is 9.58. The van der Waals surface area contributed by atoms with Crippen LogP contribution in [0.3, 0.4) is 0 Å². The van der Waals surface area contributed by atoms with Crippen molar-refractivity contribution in [1.29, 1.82) is 0 Å². The highest BCUT2D eigenvalue weighted by Gasteiger charge is 2.12. The van der Waals surface area contributed by atoms with Crippen LogP contribution in [-0.4, -0.2) is 9.66 Å². The van der Waals surface area contributed by atoms with Crippen LogP contribution in [0.15, 0.2) is 40.8 Å². The lowest BCUT2D eigenvalue weighted by Crippen LogP contribution is -2.26. The van der Waals surface area contributed by atoms with E-state index in [1.807, 2.05) is 17.5 Å². The Morgan fingerprint density at radius 2 is 1.95 bits per heavy atom. The smallest absolute Gasteiger partial charge is 0.281 e. The Labute approximate surface area is 120 Å². The van der Waals surface area contributed by atoms with Crippen LogP contribution in [0.25, 0.3) is 21.3 Å². The van der Waals surface area contributed by atoms with Crippen molar-refractivity contribution < 1.29 is 0 Å². The van der Waals surface area contributed by atoms with E-state index in [9.17, 15) is 4.79 Å². The van der Waals surface area contributed by atoms with Crippen molar-refractivity contribution in [1.82, 2.24) is 9.66 Å². The van der Waals surface area contributed by atoms with Crippen molar-refractivity contribution in [2.45, 2.75) is 19.8 Å². The van der Waals surface area contributed by atoms with Crippen LogP contribution in [-0.2, 0) is 0 Å². The Kier molecular flexibility index (Phi) is 3.06. The van der Waals surface area contributed by atoms with Crippen LogP contribution in [0.5, 0.6) is 0 Å². The van der Waals surface area contributed by atoms with Gasteiger partial charge in [-0.05, 0) is 17.0 Å². The predicted molar refractivity (Wildman–Crippen MR) is 83.6 cm³/mol. The molecule has 1 aromatic carbocycles. The molecule has 0 fully saturated rings. The molecule has 2 N–H and O–H groups in total. The van der Waals surface area contributed by atoms with Gasteiger partial charge in [0, 0.05) is 10.9 Å². The summed E-state index contributed by atoms with van der Waals surface area (Å²) in [6, 6.07) is 8.29. The van der Waals surface area contributed by atoms with Crippen LogP contribution in [0.2, 0.25) is 0 Å². The zero-order valence-electron chi connectivity index (χ0n) is 11.3. The van der Waals surface area contributed by atoms with Gasteiger partial charge in [0.1, 0.15) is 11.2 Å². The van der Waals surface area contributed by atoms with Crippen molar-refractivity contribution in [3.8, 4) is 11.1 Å². The molecule has 0 bridgehead atoms. The molecule has 0 aliphatic carbocycles. The molecule has 3 aromatic rings. The van der Waals surface area contributed by atoms with E-state index in [-0.39, 0.29) is 5.56 Å². The second-order valence-corrected chi connectivity index (χ2v) is 5.92. The SMILES string of the molecule is CC(C)c1ccc(-c2csc3ncn(N)c(=O)c23)cc1. The summed E-state index contributed by atoms with van der Waals surface area (Å²) in [7, 11) is 0. The fraction of sp³-hybridized carbons (Fsp3) is 0.200. The van der Waals surface area contributed by atoms with Crippen molar-refractivity contribution >= 4 is 21.6 Å². The minimum absolute atomic E-state index is 0.209. The first-order valence-corrected chi connectivity index (χ1v) is 7.30. The number of nitrogens with two attached hydrogens (primary N) is 1. The highest BCUT2D eigenvalue weighted by Crippen LogP contribution is 2.31. The van der Waals surface area contributed by atoms with Gasteiger partial charge in [0.05, 0.1) is 5.39 Å². The van der Waals surface area contributed by atoms with E-state index in [1.54, 1.807) is 0 Å². The third-order valence-electron chi connectivity index (χ3n) is 3.41. The van der Waals surface area contributed by atoms with E-state index >= 15 is 0 Å². The van der Waals surface area contributed by atoms with Crippen LogP contribution < -0.4 is 11.4 Å². The number of thiophene rings is 1. The second-order valence-electron chi connectivity index (χ2n) is 5.06. The lowest BCUT2D eigenvalue weighted by Gasteiger charge is -2.06. The predicted octanol–water partition coefficient (Wildman–Crippen LogP) is 2.96. The average Bonchev–Trinajstić information content (AvgIpc) is 2.87. The largest absolute Gasteiger partial charge is 0.335 e. The molecule has 4 nitrogen and oxygen atoms in total. The average molecular weight is 285 g/mol. The van der Waals surface area contributed by atoms with E-state index in [1.165, 1.54) is 23.2 Å². The van der Waals surface area contributed by atoms with Gasteiger partial charge < -0.3 is 5.84 Å². The molecule has 102 valence electrons. The van der Waals surface area contributed by atoms with E-state index in [0.717, 1.165) is 20.6 Å². The van der Waals surface area contributed by atoms with Crippen molar-refractivity contribution in [2.75, 3.05) is 5.84 Å². The number of nitrogens with zero attached hydrogens (tertiary/aromatic N) is 2. The molecule has 3 rings (SSSR count). The standard InChI is InChI=1S/C15H15N3OS/c1-9(2)10-3-5-11(6-4-10)12-7-20-14-13(12)15(19)18(16)8-17-14/h3-9H,16H2,1-2H3. The zero-order valence-corrected chi connectivity index (χ0v) is 12.1. The molecule has 0 radical (unpaired) electrons. The molecule has 20 heavy (non-hydrogen) atoms. The maximum absolute atomic E-state index is 12.2. The molecule has 0 atom stereocenters. The summed E-state index contributed by atoms with van der Waals surface area (Å²) < 4.78 is 1.03. The first kappa shape index (κ1) is 12.9. The minimum Gasteiger partial charge on any atom is -0.335 e. The fourth-order valence-electron chi connectivity index (χ4n) is 2.21. The van der Waals surface area contributed by atoms with E-state index in [0.29, 0.717) is 11.3 Å². The molecule has 2 heterocycles. The summed E-state index contributed by atoms with van der Waals surface area (Å²) in [6.45, 7) is 4.32. The molecule has 2 aromatic heterocycles. The molecule has 0 saturated heterocycles. The molecule has 0 amide bonds. The minimum atomic E-state index is -0.209. The van der Waals surface area contributed by atoms with E-state index in [2.05, 4.69) is 31.0 Å². The summed E-state index contributed by atoms with van der Waals surface area (Å²) in [5.41, 5.74) is 2.99. The molecule has 0 aliphatic rings. The van der Waals surface area contributed by atoms with Crippen LogP contribution in [0, 0.1) is 0 Å². The van der Waals surface area contributed by atoms with Gasteiger partial charge >= 0.3 is 0 Å². The lowest BCUT2D eigenvalue weighted by molar-refractivity contribution is 0.867. The monoisotopic (exact) mass is 285 g/mol. The van der Waals surface area contributed by atoms with Crippen LogP contribution in [0.1, 0.15) is 25.3 Å². The van der Waals surface area contributed by atoms with Gasteiger partial charge in [0.2, 0.25) is 0 Å². The number of rotatable bonds is 2. The van der Waals surface area contributed by atoms with Gasteiger partial charge in [0.25, 0.3) is 5.56 Å². The van der Waals surface area contributed by atoms with Gasteiger partial charge in [-0.25, -0.2) is 9.66 Å². The quantitative estimate of drug-likeness (QED) is 0.736. The van der Waals surface area contributed by atoms with Gasteiger partial charge in [0.15, 0.2) is 0 Å². The fourth-order valence-corrected chi connectivity index (χ4v) is 3.11. The Bertz CT molecular complexity index is 815. The third-order valence-corrected chi connectivity index (χ3v) is 4.29. The van der Waals surface area contributed by atoms with Gasteiger partial charge in [-0.15, -0.1) is 11.3 Å². The topological polar surface area (TPSA) is 60.9 Å². The Morgan fingerprint density at radius 3 is 2.60 bits per heavy atom. The highest BCUT2D eigenvalue weighted by atomic mass is 32.1. The third kappa shape index (κ3) is 2.00. The summed E-state index contributed by atoms with van der Waals surface area (Å²) in [6.07, 6.45) is 1.35. The van der Waals surface area contributed by atoms with Crippen molar-refractivity contribution in [3.05, 3.63) is 51.9 Å². The summed E-state index contributed by atoms with van der Waals surface area (Å²) in [4.78, 5) is 17.1. The first-order valence-electron chi connectivity index (χ1n) is 6.42. The van der Waals surface area contributed by atoms with Crippen LogP contribution >= 0.6 is 11.3 Å². The maximum Gasteiger partial charge on any atom is 0.281 e. The van der Waals surface area contributed by atoms with Gasteiger partial charge in [-0.2, -0.15) is 0 Å². The molecule has 5 heteroatoms. The van der Waals surface area contributed by atoms with Gasteiger partial charge in [-0.3, -0.25) is 4.79 Å². The molecular formula is C15H15N3OS. The van der Waals surface area contributed by atoms with Crippen molar-refractivity contribution in [3.63, 3.8) is 0 Å². The number of nitrogen functional groups attached to an aromatic ring is 1. The van der Waals surface area contributed by atoms with Crippen molar-refractivity contribution in [2.24, 2.45) is 0 Å². The molecule has 0 unspecified atom stereocenters. The van der Waals surface area contributed by atoms with E-state index in [4.69, 9.17) is 5.84 Å². The molecular weight excluding hydrogens is 270 g/mol. The lowest BCUT2D eigenvalue weighted by atomic mass is 9.99. The number of aromatic nitrogens is 2. The summed E-state index contributed by atoms with van der Waals surface area (Å²) in [5, 5.41) is 2.56. The van der Waals surface area contributed by atoms with Gasteiger partial charge in [-0.1, -0.05) is 38.1 Å². The number of fused-ring (bicyclic) bond motifs is 1. The number of hydrogen-bond acceptors (Lipinski definition) is 4. The normalized spacial score (nSPS) is 11.3. The Morgan fingerprint density at radius 1 is 1.25 bits per heavy atom. The number of hydrogen-bond donors (Lipinski definition) is 1. The zero-order chi connectivity index (χ0) is 14.3. The summed E-state index contributed by atoms with van der Waals surface area (Å²) >= 11 is 1.46. The Hall–Kier alpha value is -2.14. The maximum atomic E-state index is 12.2. The molecule has 0 aliphatic heterocycles. The molecule has 0 saturated carbocycles. The Balaban J connectivity index is 2.19.